The molecule has 2 aromatic carbocycles. The van der Waals surface area contributed by atoms with Crippen LogP contribution in [-0.4, -0.2) is 32.9 Å². The molecule has 0 aliphatic carbocycles. The van der Waals surface area contributed by atoms with Crippen molar-refractivity contribution in [2.45, 2.75) is 32.0 Å². The molecule has 0 spiro atoms. The highest BCUT2D eigenvalue weighted by Gasteiger charge is 2.13. The van der Waals surface area contributed by atoms with Crippen LogP contribution in [0.1, 0.15) is 17.5 Å². The lowest BCUT2D eigenvalue weighted by molar-refractivity contribution is -0.113. The van der Waals surface area contributed by atoms with Crippen molar-refractivity contribution in [3.63, 3.8) is 0 Å². The standard InChI is InChI=1S/C21H23N3O3S/c1-14-8-9-17(15(2)12-14)22-19(26)13-28-21-23-18-7-4-3-6-16(18)20(27)24(21)10-5-11-25/h3-4,6-9,12,25H,5,10-11,13H2,1-2H3,(H,22,26). The number of nitrogens with one attached hydrogen (secondary N) is 1. The third-order valence-electron chi connectivity index (χ3n) is 4.35. The van der Waals surface area contributed by atoms with Crippen molar-refractivity contribution < 1.29 is 9.90 Å². The minimum absolute atomic E-state index is 0.0173. The van der Waals surface area contributed by atoms with Gasteiger partial charge in [-0.05, 0) is 44.0 Å². The first kappa shape index (κ1) is 20.1. The Morgan fingerprint density at radius 1 is 1.21 bits per heavy atom. The van der Waals surface area contributed by atoms with Gasteiger partial charge in [0.05, 0.1) is 16.7 Å². The van der Waals surface area contributed by atoms with E-state index >= 15 is 0 Å². The maximum absolute atomic E-state index is 12.8. The molecule has 0 saturated carbocycles. The second-order valence-electron chi connectivity index (χ2n) is 6.60. The number of hydrogen-bond donors (Lipinski definition) is 2. The maximum Gasteiger partial charge on any atom is 0.262 e. The van der Waals surface area contributed by atoms with Gasteiger partial charge in [-0.2, -0.15) is 0 Å². The fourth-order valence-corrected chi connectivity index (χ4v) is 3.78. The lowest BCUT2D eigenvalue weighted by Gasteiger charge is -2.13. The molecule has 3 aromatic rings. The molecule has 0 aliphatic rings. The summed E-state index contributed by atoms with van der Waals surface area (Å²) in [6.07, 6.45) is 0.447. The predicted molar refractivity (Wildman–Crippen MR) is 113 cm³/mol. The van der Waals surface area contributed by atoms with E-state index in [1.54, 1.807) is 18.2 Å². The second kappa shape index (κ2) is 9.03. The first-order valence-electron chi connectivity index (χ1n) is 9.10. The van der Waals surface area contributed by atoms with Crippen molar-refractivity contribution in [2.75, 3.05) is 17.7 Å². The van der Waals surface area contributed by atoms with Crippen molar-refractivity contribution in [3.05, 3.63) is 63.9 Å². The van der Waals surface area contributed by atoms with Crippen LogP contribution in [0.3, 0.4) is 0 Å². The van der Waals surface area contributed by atoms with Crippen LogP contribution in [0.2, 0.25) is 0 Å². The van der Waals surface area contributed by atoms with Gasteiger partial charge in [0, 0.05) is 18.8 Å². The van der Waals surface area contributed by atoms with E-state index in [2.05, 4.69) is 10.3 Å². The Kier molecular flexibility index (Phi) is 6.49. The molecular weight excluding hydrogens is 374 g/mol. The summed E-state index contributed by atoms with van der Waals surface area (Å²) >= 11 is 1.22. The average Bonchev–Trinajstić information content (AvgIpc) is 2.68. The van der Waals surface area contributed by atoms with Gasteiger partial charge in [-0.1, -0.05) is 41.6 Å². The summed E-state index contributed by atoms with van der Waals surface area (Å²) in [5.74, 6) is -0.0231. The number of nitrogens with zero attached hydrogens (tertiary/aromatic N) is 2. The summed E-state index contributed by atoms with van der Waals surface area (Å²) in [4.78, 5) is 29.8. The van der Waals surface area contributed by atoms with Gasteiger partial charge in [-0.25, -0.2) is 4.98 Å². The lowest BCUT2D eigenvalue weighted by atomic mass is 10.1. The van der Waals surface area contributed by atoms with Crippen LogP contribution in [0.4, 0.5) is 5.69 Å². The third-order valence-corrected chi connectivity index (χ3v) is 5.33. The fourth-order valence-electron chi connectivity index (χ4n) is 2.95. The molecule has 6 nitrogen and oxygen atoms in total. The Morgan fingerprint density at radius 3 is 2.75 bits per heavy atom. The van der Waals surface area contributed by atoms with Crippen LogP contribution in [0.25, 0.3) is 10.9 Å². The normalized spacial score (nSPS) is 11.0. The van der Waals surface area contributed by atoms with Crippen LogP contribution in [0, 0.1) is 13.8 Å². The first-order valence-corrected chi connectivity index (χ1v) is 10.1. The van der Waals surface area contributed by atoms with Gasteiger partial charge >= 0.3 is 0 Å². The van der Waals surface area contributed by atoms with E-state index in [-0.39, 0.29) is 23.8 Å². The number of hydrogen-bond acceptors (Lipinski definition) is 5. The SMILES string of the molecule is Cc1ccc(NC(=O)CSc2nc3ccccc3c(=O)n2CCCO)c(C)c1. The monoisotopic (exact) mass is 397 g/mol. The molecule has 1 heterocycles. The van der Waals surface area contributed by atoms with Crippen molar-refractivity contribution >= 4 is 34.3 Å². The smallest absolute Gasteiger partial charge is 0.262 e. The molecule has 0 bridgehead atoms. The van der Waals surface area contributed by atoms with E-state index in [4.69, 9.17) is 5.11 Å². The highest BCUT2D eigenvalue weighted by Crippen LogP contribution is 2.20. The molecule has 0 unspecified atom stereocenters. The van der Waals surface area contributed by atoms with Gasteiger partial charge < -0.3 is 10.4 Å². The zero-order chi connectivity index (χ0) is 20.1. The molecule has 7 heteroatoms. The lowest BCUT2D eigenvalue weighted by Crippen LogP contribution is -2.25. The van der Waals surface area contributed by atoms with Crippen LogP contribution in [0.15, 0.2) is 52.4 Å². The van der Waals surface area contributed by atoms with Crippen molar-refractivity contribution in [2.24, 2.45) is 0 Å². The van der Waals surface area contributed by atoms with E-state index in [1.165, 1.54) is 16.3 Å². The number of para-hydroxylation sites is 1. The highest BCUT2D eigenvalue weighted by molar-refractivity contribution is 7.99. The average molecular weight is 398 g/mol. The van der Waals surface area contributed by atoms with Crippen molar-refractivity contribution in [1.82, 2.24) is 9.55 Å². The van der Waals surface area contributed by atoms with Crippen molar-refractivity contribution in [3.8, 4) is 0 Å². The summed E-state index contributed by atoms with van der Waals surface area (Å²) in [6.45, 7) is 4.30. The topological polar surface area (TPSA) is 84.2 Å². The number of carbonyl (C=O) groups is 1. The van der Waals surface area contributed by atoms with E-state index < -0.39 is 0 Å². The van der Waals surface area contributed by atoms with Gasteiger partial charge in [-0.15, -0.1) is 0 Å². The molecule has 0 fully saturated rings. The van der Waals surface area contributed by atoms with Crippen LogP contribution in [-0.2, 0) is 11.3 Å². The Bertz CT molecular complexity index is 1060. The minimum atomic E-state index is -0.159. The van der Waals surface area contributed by atoms with Gasteiger partial charge in [-0.3, -0.25) is 14.2 Å². The number of anilines is 1. The molecule has 0 saturated heterocycles. The van der Waals surface area contributed by atoms with Gasteiger partial charge in [0.2, 0.25) is 5.91 Å². The van der Waals surface area contributed by atoms with Crippen LogP contribution >= 0.6 is 11.8 Å². The highest BCUT2D eigenvalue weighted by atomic mass is 32.2. The summed E-state index contributed by atoms with van der Waals surface area (Å²) in [5, 5.41) is 13.1. The second-order valence-corrected chi connectivity index (χ2v) is 7.54. The number of benzene rings is 2. The Labute approximate surface area is 167 Å². The molecular formula is C21H23N3O3S. The summed E-state index contributed by atoms with van der Waals surface area (Å²) in [6, 6.07) is 13.0. The molecule has 0 radical (unpaired) electrons. The Morgan fingerprint density at radius 2 is 2.00 bits per heavy atom. The van der Waals surface area contributed by atoms with Crippen LogP contribution < -0.4 is 10.9 Å². The largest absolute Gasteiger partial charge is 0.396 e. The van der Waals surface area contributed by atoms with E-state index in [0.29, 0.717) is 29.0 Å². The molecule has 146 valence electrons. The zero-order valence-electron chi connectivity index (χ0n) is 15.9. The molecule has 1 amide bonds. The van der Waals surface area contributed by atoms with Crippen molar-refractivity contribution in [1.29, 1.82) is 0 Å². The molecule has 0 atom stereocenters. The number of aliphatic hydroxyl groups is 1. The third kappa shape index (κ3) is 4.61. The molecule has 0 aliphatic heterocycles. The number of aryl methyl sites for hydroxylation is 2. The number of carbonyl (C=O) groups excluding carboxylic acids is 1. The Balaban J connectivity index is 1.80. The van der Waals surface area contributed by atoms with Crippen LogP contribution in [0.5, 0.6) is 0 Å². The number of thioether (sulfide) groups is 1. The summed E-state index contributed by atoms with van der Waals surface area (Å²) in [7, 11) is 0. The van der Waals surface area contributed by atoms with E-state index in [9.17, 15) is 9.59 Å². The predicted octanol–water partition coefficient (Wildman–Crippen LogP) is 3.13. The number of fused-ring (bicyclic) bond motifs is 1. The zero-order valence-corrected chi connectivity index (χ0v) is 16.8. The Hall–Kier alpha value is -2.64. The number of aromatic nitrogens is 2. The number of aliphatic hydroxyl groups excluding tert-OH is 1. The molecule has 1 aromatic heterocycles. The van der Waals surface area contributed by atoms with Gasteiger partial charge in [0.25, 0.3) is 5.56 Å². The number of rotatable bonds is 7. The summed E-state index contributed by atoms with van der Waals surface area (Å²) in [5.41, 5.74) is 3.36. The molecule has 3 rings (SSSR count). The van der Waals surface area contributed by atoms with E-state index in [0.717, 1.165) is 16.8 Å². The van der Waals surface area contributed by atoms with E-state index in [1.807, 2.05) is 38.1 Å². The van der Waals surface area contributed by atoms with Gasteiger partial charge in [0.15, 0.2) is 5.16 Å². The number of amides is 1. The molecule has 28 heavy (non-hydrogen) atoms. The summed E-state index contributed by atoms with van der Waals surface area (Å²) < 4.78 is 1.54. The first-order chi connectivity index (χ1) is 13.5. The van der Waals surface area contributed by atoms with Gasteiger partial charge in [0.1, 0.15) is 0 Å². The fraction of sp³-hybridized carbons (Fsp3) is 0.286. The molecule has 2 N–H and O–H groups in total. The quantitative estimate of drug-likeness (QED) is 0.473. The minimum Gasteiger partial charge on any atom is -0.396 e. The maximum atomic E-state index is 12.8.